The minimum absolute atomic E-state index is 0. The lowest BCUT2D eigenvalue weighted by atomic mass is 10.00. The van der Waals surface area contributed by atoms with Gasteiger partial charge in [0.15, 0.2) is 5.96 Å². The molecule has 2 aromatic rings. The minimum Gasteiger partial charge on any atom is -0.373 e. The Kier molecular flexibility index (Phi) is 8.93. The molecule has 30 heavy (non-hydrogen) atoms. The third-order valence-electron chi connectivity index (χ3n) is 5.60. The van der Waals surface area contributed by atoms with E-state index in [2.05, 4.69) is 53.2 Å². The Morgan fingerprint density at radius 1 is 1.27 bits per heavy atom. The van der Waals surface area contributed by atoms with Crippen molar-refractivity contribution >= 4 is 40.8 Å². The maximum Gasteiger partial charge on any atom is 0.191 e. The quantitative estimate of drug-likeness (QED) is 0.303. The molecule has 1 aliphatic rings. The molecule has 1 aromatic heterocycles. The van der Waals surface area contributed by atoms with E-state index in [0.717, 1.165) is 55.0 Å². The molecule has 1 fully saturated rings. The molecule has 1 saturated heterocycles. The van der Waals surface area contributed by atoms with Crippen LogP contribution in [0.15, 0.2) is 29.4 Å². The number of aromatic amines is 1. The van der Waals surface area contributed by atoms with Crippen molar-refractivity contribution in [3.05, 3.63) is 35.8 Å². The summed E-state index contributed by atoms with van der Waals surface area (Å²) in [7, 11) is 1.78. The highest BCUT2D eigenvalue weighted by molar-refractivity contribution is 14.0. The Labute approximate surface area is 196 Å². The van der Waals surface area contributed by atoms with Gasteiger partial charge in [-0.25, -0.2) is 4.39 Å². The van der Waals surface area contributed by atoms with E-state index in [9.17, 15) is 4.39 Å². The number of aliphatic imine (C=N–C) groups is 1. The van der Waals surface area contributed by atoms with Crippen molar-refractivity contribution in [1.29, 1.82) is 0 Å². The number of nitrogens with one attached hydrogen (secondary N) is 3. The van der Waals surface area contributed by atoms with Crippen LogP contribution in [-0.2, 0) is 11.2 Å². The van der Waals surface area contributed by atoms with Gasteiger partial charge in [-0.15, -0.1) is 24.0 Å². The van der Waals surface area contributed by atoms with Gasteiger partial charge in [-0.05, 0) is 57.9 Å². The highest BCUT2D eigenvalue weighted by atomic mass is 127. The minimum atomic E-state index is -0.210. The van der Waals surface area contributed by atoms with Gasteiger partial charge >= 0.3 is 0 Å². The van der Waals surface area contributed by atoms with Gasteiger partial charge in [-0.2, -0.15) is 0 Å². The van der Waals surface area contributed by atoms with Crippen LogP contribution < -0.4 is 10.6 Å². The zero-order chi connectivity index (χ0) is 21.0. The first-order valence-electron chi connectivity index (χ1n) is 10.4. The highest BCUT2D eigenvalue weighted by Gasteiger charge is 2.33. The first kappa shape index (κ1) is 24.9. The van der Waals surface area contributed by atoms with Crippen LogP contribution in [0.3, 0.4) is 0 Å². The fourth-order valence-corrected chi connectivity index (χ4v) is 3.98. The van der Waals surface area contributed by atoms with Crippen molar-refractivity contribution in [1.82, 2.24) is 20.5 Å². The molecule has 0 radical (unpaired) electrons. The van der Waals surface area contributed by atoms with Crippen LogP contribution in [0, 0.1) is 5.82 Å². The molecule has 6 nitrogen and oxygen atoms in total. The number of hydrogen-bond donors (Lipinski definition) is 3. The second-order valence-corrected chi connectivity index (χ2v) is 8.58. The molecule has 0 spiro atoms. The monoisotopic (exact) mass is 531 g/mol. The molecular weight excluding hydrogens is 496 g/mol. The lowest BCUT2D eigenvalue weighted by Gasteiger charge is -2.45. The van der Waals surface area contributed by atoms with Gasteiger partial charge in [0.2, 0.25) is 0 Å². The average molecular weight is 531 g/mol. The van der Waals surface area contributed by atoms with Crippen molar-refractivity contribution in [3.63, 3.8) is 0 Å². The van der Waals surface area contributed by atoms with Crippen LogP contribution in [-0.4, -0.2) is 66.8 Å². The number of H-pyrrole nitrogens is 1. The van der Waals surface area contributed by atoms with Crippen LogP contribution in [0.1, 0.15) is 33.3 Å². The molecular formula is C22H35FIN5O. The summed E-state index contributed by atoms with van der Waals surface area (Å²) in [5.74, 6) is 0.566. The summed E-state index contributed by atoms with van der Waals surface area (Å²) >= 11 is 0. The van der Waals surface area contributed by atoms with Crippen LogP contribution in [0.4, 0.5) is 4.39 Å². The van der Waals surface area contributed by atoms with E-state index >= 15 is 0 Å². The number of fused-ring (bicyclic) bond motifs is 1. The van der Waals surface area contributed by atoms with Crippen molar-refractivity contribution in [2.75, 3.05) is 33.2 Å². The van der Waals surface area contributed by atoms with E-state index in [1.807, 2.05) is 6.20 Å². The Hall–Kier alpha value is -1.39. The smallest absolute Gasteiger partial charge is 0.191 e. The van der Waals surface area contributed by atoms with Crippen LogP contribution in [0.25, 0.3) is 10.9 Å². The predicted molar refractivity (Wildman–Crippen MR) is 132 cm³/mol. The summed E-state index contributed by atoms with van der Waals surface area (Å²) in [5.41, 5.74) is 2.04. The average Bonchev–Trinajstić information content (AvgIpc) is 3.06. The first-order chi connectivity index (χ1) is 13.8. The molecule has 3 rings (SSSR count). The fourth-order valence-electron chi connectivity index (χ4n) is 3.98. The van der Waals surface area contributed by atoms with Crippen LogP contribution in [0.5, 0.6) is 0 Å². The van der Waals surface area contributed by atoms with E-state index in [1.54, 1.807) is 19.2 Å². The van der Waals surface area contributed by atoms with E-state index in [4.69, 9.17) is 4.74 Å². The number of aromatic nitrogens is 1. The second-order valence-electron chi connectivity index (χ2n) is 8.58. The number of rotatable bonds is 6. The summed E-state index contributed by atoms with van der Waals surface area (Å²) in [6.07, 6.45) is 3.23. The van der Waals surface area contributed by atoms with Crippen LogP contribution >= 0.6 is 24.0 Å². The number of guanidine groups is 1. The molecule has 2 unspecified atom stereocenters. The van der Waals surface area contributed by atoms with Gasteiger partial charge in [0.25, 0.3) is 0 Å². The maximum atomic E-state index is 13.5. The molecule has 8 heteroatoms. The van der Waals surface area contributed by atoms with Crippen molar-refractivity contribution in [2.45, 2.75) is 51.9 Å². The molecule has 0 bridgehead atoms. The van der Waals surface area contributed by atoms with Crippen molar-refractivity contribution in [3.8, 4) is 0 Å². The van der Waals surface area contributed by atoms with Crippen LogP contribution in [0.2, 0.25) is 0 Å². The van der Waals surface area contributed by atoms with E-state index in [1.165, 1.54) is 6.07 Å². The zero-order valence-electron chi connectivity index (χ0n) is 18.6. The third-order valence-corrected chi connectivity index (χ3v) is 5.60. The lowest BCUT2D eigenvalue weighted by Crippen LogP contribution is -2.59. The Morgan fingerprint density at radius 2 is 1.97 bits per heavy atom. The summed E-state index contributed by atoms with van der Waals surface area (Å²) in [5, 5.41) is 7.76. The summed E-state index contributed by atoms with van der Waals surface area (Å²) in [4.78, 5) is 10.0. The number of benzene rings is 1. The standard InChI is InChI=1S/C22H34FN5O.HI/c1-15-12-28(13-16(2)29-15)22(3,4)14-27-21(24-5)25-9-8-17-11-26-20-7-6-18(23)10-19(17)20;/h6-7,10-11,15-16,26H,8-9,12-14H2,1-5H3,(H2,24,25,27);1H. The van der Waals surface area contributed by atoms with Gasteiger partial charge in [0.1, 0.15) is 5.82 Å². The van der Waals surface area contributed by atoms with Crippen molar-refractivity contribution < 1.29 is 9.13 Å². The Morgan fingerprint density at radius 3 is 2.63 bits per heavy atom. The number of nitrogens with zero attached hydrogens (tertiary/aromatic N) is 2. The number of halogens is 2. The van der Waals surface area contributed by atoms with Gasteiger partial charge in [-0.3, -0.25) is 9.89 Å². The summed E-state index contributed by atoms with van der Waals surface area (Å²) in [6.45, 7) is 12.1. The molecule has 1 aromatic carbocycles. The molecule has 2 atom stereocenters. The highest BCUT2D eigenvalue weighted by Crippen LogP contribution is 2.21. The molecule has 3 N–H and O–H groups in total. The lowest BCUT2D eigenvalue weighted by molar-refractivity contribution is -0.0946. The molecule has 0 saturated carbocycles. The SMILES string of the molecule is CN=C(NCCc1c[nH]c2ccc(F)cc12)NCC(C)(C)N1CC(C)OC(C)C1.I. The number of hydrogen-bond acceptors (Lipinski definition) is 3. The first-order valence-corrected chi connectivity index (χ1v) is 10.4. The van der Waals surface area contributed by atoms with Gasteiger partial charge < -0.3 is 20.4 Å². The summed E-state index contributed by atoms with van der Waals surface area (Å²) < 4.78 is 19.4. The molecule has 1 aliphatic heterocycles. The topological polar surface area (TPSA) is 64.7 Å². The molecule has 0 aliphatic carbocycles. The maximum absolute atomic E-state index is 13.5. The predicted octanol–water partition coefficient (Wildman–Crippen LogP) is 3.52. The fraction of sp³-hybridized carbons (Fsp3) is 0.591. The van der Waals surface area contributed by atoms with Crippen molar-refractivity contribution in [2.24, 2.45) is 4.99 Å². The van der Waals surface area contributed by atoms with Gasteiger partial charge in [0, 0.05) is 55.9 Å². The van der Waals surface area contributed by atoms with Gasteiger partial charge in [0.05, 0.1) is 12.2 Å². The molecule has 0 amide bonds. The Bertz CT molecular complexity index is 843. The zero-order valence-corrected chi connectivity index (χ0v) is 20.9. The second kappa shape index (κ2) is 10.8. The number of ether oxygens (including phenoxy) is 1. The third kappa shape index (κ3) is 6.31. The molecule has 168 valence electrons. The normalized spacial score (nSPS) is 20.8. The van der Waals surface area contributed by atoms with E-state index in [0.29, 0.717) is 0 Å². The molecule has 2 heterocycles. The van der Waals surface area contributed by atoms with E-state index in [-0.39, 0.29) is 47.5 Å². The van der Waals surface area contributed by atoms with E-state index < -0.39 is 0 Å². The number of morpholine rings is 1. The Balaban J connectivity index is 0.00000320. The van der Waals surface area contributed by atoms with Gasteiger partial charge in [-0.1, -0.05) is 0 Å². The largest absolute Gasteiger partial charge is 0.373 e. The summed E-state index contributed by atoms with van der Waals surface area (Å²) in [6, 6.07) is 4.84.